The van der Waals surface area contributed by atoms with Gasteiger partial charge in [0.05, 0.1) is 11.4 Å². The lowest BCUT2D eigenvalue weighted by molar-refractivity contribution is 0.145. The number of hydrogen-bond acceptors (Lipinski definition) is 2. The van der Waals surface area contributed by atoms with Crippen LogP contribution >= 0.6 is 34.2 Å². The summed E-state index contributed by atoms with van der Waals surface area (Å²) >= 11 is 7.34. The van der Waals surface area contributed by atoms with Gasteiger partial charge < -0.3 is 0 Å². The first-order valence-corrected chi connectivity index (χ1v) is 5.14. The van der Waals surface area contributed by atoms with Crippen molar-refractivity contribution in [2.75, 3.05) is 0 Å². The third-order valence-electron chi connectivity index (χ3n) is 1.60. The summed E-state index contributed by atoms with van der Waals surface area (Å²) in [5.74, 6) is -0.0690. The molecule has 0 radical (unpaired) electrons. The number of aromatic nitrogens is 1. The monoisotopic (exact) mass is 328 g/mol. The number of pyridine rings is 1. The fourth-order valence-corrected chi connectivity index (χ4v) is 2.16. The van der Waals surface area contributed by atoms with Crippen LogP contribution in [-0.4, -0.2) is 4.98 Å². The lowest BCUT2D eigenvalue weighted by Gasteiger charge is -2.07. The molecule has 1 aromatic rings. The van der Waals surface area contributed by atoms with Gasteiger partial charge in [-0.2, -0.15) is 5.26 Å². The highest BCUT2D eigenvalue weighted by molar-refractivity contribution is 14.1. The smallest absolute Gasteiger partial charge is 0.253 e. The summed E-state index contributed by atoms with van der Waals surface area (Å²) in [7, 11) is 0. The summed E-state index contributed by atoms with van der Waals surface area (Å²) in [4.78, 5) is 3.52. The van der Waals surface area contributed by atoms with E-state index in [1.165, 1.54) is 0 Å². The molecular formula is C8H4ClF2IN2. The fourth-order valence-electron chi connectivity index (χ4n) is 0.937. The number of nitrogens with zero attached hydrogens (tertiary/aromatic N) is 2. The normalized spacial score (nSPS) is 10.3. The van der Waals surface area contributed by atoms with E-state index >= 15 is 0 Å². The highest BCUT2D eigenvalue weighted by Crippen LogP contribution is 2.27. The Morgan fingerprint density at radius 2 is 2.29 bits per heavy atom. The molecule has 0 saturated heterocycles. The van der Waals surface area contributed by atoms with Crippen LogP contribution in [0.25, 0.3) is 0 Å². The predicted octanol–water partition coefficient (Wildman–Crippen LogP) is 3.23. The average Bonchev–Trinajstić information content (AvgIpc) is 2.17. The summed E-state index contributed by atoms with van der Waals surface area (Å²) < 4.78 is 25.3. The summed E-state index contributed by atoms with van der Waals surface area (Å²) in [6.07, 6.45) is -1.52. The molecule has 0 aliphatic rings. The molecule has 1 aromatic heterocycles. The van der Waals surface area contributed by atoms with Crippen LogP contribution in [-0.2, 0) is 5.88 Å². The Morgan fingerprint density at radius 1 is 1.64 bits per heavy atom. The van der Waals surface area contributed by atoms with Gasteiger partial charge in [-0.3, -0.25) is 4.98 Å². The van der Waals surface area contributed by atoms with Gasteiger partial charge in [-0.15, -0.1) is 11.6 Å². The quantitative estimate of drug-likeness (QED) is 0.617. The van der Waals surface area contributed by atoms with Crippen molar-refractivity contribution in [2.45, 2.75) is 12.3 Å². The number of nitriles is 1. The maximum absolute atomic E-state index is 12.4. The second-order valence-corrected chi connectivity index (χ2v) is 3.74. The van der Waals surface area contributed by atoms with Crippen molar-refractivity contribution < 1.29 is 8.78 Å². The Hall–Kier alpha value is -0.480. The van der Waals surface area contributed by atoms with Crippen molar-refractivity contribution in [2.24, 2.45) is 0 Å². The van der Waals surface area contributed by atoms with Crippen LogP contribution in [0.4, 0.5) is 8.78 Å². The largest absolute Gasteiger partial charge is 0.280 e. The van der Waals surface area contributed by atoms with Crippen molar-refractivity contribution >= 4 is 34.2 Å². The van der Waals surface area contributed by atoms with E-state index in [9.17, 15) is 8.78 Å². The van der Waals surface area contributed by atoms with E-state index in [0.717, 1.165) is 6.20 Å². The molecule has 0 unspecified atom stereocenters. The molecule has 0 aliphatic carbocycles. The molecule has 0 aromatic carbocycles. The van der Waals surface area contributed by atoms with Gasteiger partial charge in [0.1, 0.15) is 11.8 Å². The van der Waals surface area contributed by atoms with Gasteiger partial charge in [0.15, 0.2) is 0 Å². The van der Waals surface area contributed by atoms with Crippen molar-refractivity contribution in [3.05, 3.63) is 26.6 Å². The highest BCUT2D eigenvalue weighted by Gasteiger charge is 2.18. The topological polar surface area (TPSA) is 36.7 Å². The SMILES string of the molecule is N#Cc1cnc(C(F)F)c(CCl)c1I. The first-order valence-electron chi connectivity index (χ1n) is 3.53. The lowest BCUT2D eigenvalue weighted by Crippen LogP contribution is -2.01. The molecule has 6 heteroatoms. The Morgan fingerprint density at radius 3 is 2.71 bits per heavy atom. The molecule has 0 amide bonds. The molecule has 1 heterocycles. The van der Waals surface area contributed by atoms with Gasteiger partial charge in [-0.05, 0) is 22.6 Å². The van der Waals surface area contributed by atoms with Gasteiger partial charge >= 0.3 is 0 Å². The van der Waals surface area contributed by atoms with Crippen LogP contribution in [0.1, 0.15) is 23.2 Å². The van der Waals surface area contributed by atoms with Crippen molar-refractivity contribution in [3.8, 4) is 6.07 Å². The molecule has 2 nitrogen and oxygen atoms in total. The first kappa shape index (κ1) is 11.6. The minimum atomic E-state index is -2.66. The maximum atomic E-state index is 12.4. The second-order valence-electron chi connectivity index (χ2n) is 2.40. The molecular weight excluding hydrogens is 324 g/mol. The molecule has 0 atom stereocenters. The summed E-state index contributed by atoms with van der Waals surface area (Å²) in [6, 6.07) is 1.86. The van der Waals surface area contributed by atoms with E-state index in [-0.39, 0.29) is 22.7 Å². The number of alkyl halides is 3. The van der Waals surface area contributed by atoms with Crippen LogP contribution in [0.2, 0.25) is 0 Å². The van der Waals surface area contributed by atoms with E-state index in [4.69, 9.17) is 16.9 Å². The molecule has 74 valence electrons. The Labute approximate surface area is 98.0 Å². The fraction of sp³-hybridized carbons (Fsp3) is 0.250. The van der Waals surface area contributed by atoms with Crippen LogP contribution in [0.15, 0.2) is 6.20 Å². The maximum Gasteiger partial charge on any atom is 0.280 e. The van der Waals surface area contributed by atoms with Gasteiger partial charge in [-0.25, -0.2) is 8.78 Å². The molecule has 1 rings (SSSR count). The first-order chi connectivity index (χ1) is 6.61. The van der Waals surface area contributed by atoms with Crippen LogP contribution in [0.3, 0.4) is 0 Å². The average molecular weight is 328 g/mol. The zero-order chi connectivity index (χ0) is 10.7. The molecule has 14 heavy (non-hydrogen) atoms. The Balaban J connectivity index is 3.38. The number of halogens is 4. The number of rotatable bonds is 2. The third kappa shape index (κ3) is 2.12. The second kappa shape index (κ2) is 4.84. The van der Waals surface area contributed by atoms with Crippen molar-refractivity contribution in [1.29, 1.82) is 5.26 Å². The van der Waals surface area contributed by atoms with Gasteiger partial charge in [0, 0.05) is 15.3 Å². The Bertz CT molecular complexity index is 390. The predicted molar refractivity (Wildman–Crippen MR) is 56.2 cm³/mol. The number of hydrogen-bond donors (Lipinski definition) is 0. The van der Waals surface area contributed by atoms with Crippen molar-refractivity contribution in [1.82, 2.24) is 4.98 Å². The molecule has 0 saturated carbocycles. The highest BCUT2D eigenvalue weighted by atomic mass is 127. The van der Waals surface area contributed by atoms with Crippen molar-refractivity contribution in [3.63, 3.8) is 0 Å². The van der Waals surface area contributed by atoms with E-state index in [1.54, 1.807) is 0 Å². The summed E-state index contributed by atoms with van der Waals surface area (Å²) in [6.45, 7) is 0. The van der Waals surface area contributed by atoms with E-state index in [2.05, 4.69) is 4.98 Å². The van der Waals surface area contributed by atoms with Crippen LogP contribution < -0.4 is 0 Å². The van der Waals surface area contributed by atoms with Crippen LogP contribution in [0, 0.1) is 14.9 Å². The summed E-state index contributed by atoms with van der Waals surface area (Å²) in [5.41, 5.74) is 0.162. The van der Waals surface area contributed by atoms with E-state index in [1.807, 2.05) is 28.7 Å². The molecule has 0 N–H and O–H groups in total. The third-order valence-corrected chi connectivity index (χ3v) is 3.10. The van der Waals surface area contributed by atoms with Gasteiger partial charge in [-0.1, -0.05) is 0 Å². The summed E-state index contributed by atoms with van der Waals surface area (Å²) in [5, 5.41) is 8.64. The van der Waals surface area contributed by atoms with Gasteiger partial charge in [0.25, 0.3) is 6.43 Å². The van der Waals surface area contributed by atoms with Crippen LogP contribution in [0.5, 0.6) is 0 Å². The Kier molecular flexibility index (Phi) is 4.01. The molecule has 0 spiro atoms. The minimum absolute atomic E-state index is 0.0690. The molecule has 0 aliphatic heterocycles. The standard InChI is InChI=1S/C8H4ClF2IN2/c9-1-5-6(12)4(2-13)3-14-7(5)8(10)11/h3,8H,1H2. The zero-order valence-corrected chi connectivity index (χ0v) is 9.68. The van der Waals surface area contributed by atoms with E-state index in [0.29, 0.717) is 3.57 Å². The lowest BCUT2D eigenvalue weighted by atomic mass is 10.1. The minimum Gasteiger partial charge on any atom is -0.253 e. The molecule has 0 bridgehead atoms. The zero-order valence-electron chi connectivity index (χ0n) is 6.77. The van der Waals surface area contributed by atoms with Gasteiger partial charge in [0.2, 0.25) is 0 Å². The molecule has 0 fully saturated rings. The van der Waals surface area contributed by atoms with E-state index < -0.39 is 6.43 Å².